The molecule has 152 valence electrons. The summed E-state index contributed by atoms with van der Waals surface area (Å²) in [5.41, 5.74) is 9.63. The van der Waals surface area contributed by atoms with Crippen molar-refractivity contribution in [3.63, 3.8) is 0 Å². The summed E-state index contributed by atoms with van der Waals surface area (Å²) >= 11 is 3.44. The van der Waals surface area contributed by atoms with E-state index in [2.05, 4.69) is 32.2 Å². The van der Waals surface area contributed by atoms with Gasteiger partial charge in [-0.25, -0.2) is 0 Å². The van der Waals surface area contributed by atoms with E-state index >= 15 is 0 Å². The molecule has 0 saturated heterocycles. The maximum absolute atomic E-state index is 9.82. The number of fused-ring (bicyclic) bond motifs is 1. The lowest BCUT2D eigenvalue weighted by atomic mass is 9.83. The number of nitriles is 1. The Morgan fingerprint density at radius 1 is 1.27 bits per heavy atom. The third kappa shape index (κ3) is 3.48. The third-order valence-electron chi connectivity index (χ3n) is 4.97. The molecule has 0 amide bonds. The number of nitrogens with two attached hydrogens (primary N) is 1. The van der Waals surface area contributed by atoms with E-state index in [-0.39, 0.29) is 5.88 Å². The SMILES string of the molecule is COc1cccc([C@@H]2C(C#N)=C(N)Oc3n[nH]c(C)c32)c1OCc1ccc(Br)cc1. The number of hydrogen-bond acceptors (Lipinski definition) is 6. The minimum Gasteiger partial charge on any atom is -0.493 e. The van der Waals surface area contributed by atoms with Gasteiger partial charge in [-0.3, -0.25) is 5.10 Å². The summed E-state index contributed by atoms with van der Waals surface area (Å²) in [4.78, 5) is 0. The highest BCUT2D eigenvalue weighted by Crippen LogP contribution is 2.47. The van der Waals surface area contributed by atoms with Crippen molar-refractivity contribution in [1.29, 1.82) is 5.26 Å². The monoisotopic (exact) mass is 466 g/mol. The van der Waals surface area contributed by atoms with Gasteiger partial charge < -0.3 is 19.9 Å². The normalized spacial score (nSPS) is 15.2. The maximum atomic E-state index is 9.82. The van der Waals surface area contributed by atoms with Crippen LogP contribution >= 0.6 is 15.9 Å². The number of nitrogens with zero attached hydrogens (tertiary/aromatic N) is 2. The summed E-state index contributed by atoms with van der Waals surface area (Å²) in [7, 11) is 1.58. The van der Waals surface area contributed by atoms with E-state index in [1.165, 1.54) is 0 Å². The first-order chi connectivity index (χ1) is 14.5. The average Bonchev–Trinajstić information content (AvgIpc) is 3.12. The van der Waals surface area contributed by atoms with Gasteiger partial charge in [0.2, 0.25) is 11.8 Å². The molecule has 0 fully saturated rings. The number of benzene rings is 2. The number of aromatic nitrogens is 2. The van der Waals surface area contributed by atoms with Crippen LogP contribution in [-0.2, 0) is 6.61 Å². The molecule has 7 nitrogen and oxygen atoms in total. The molecule has 0 saturated carbocycles. The molecule has 0 aliphatic carbocycles. The van der Waals surface area contributed by atoms with Crippen molar-refractivity contribution in [1.82, 2.24) is 10.2 Å². The highest BCUT2D eigenvalue weighted by Gasteiger charge is 2.36. The van der Waals surface area contributed by atoms with Crippen molar-refractivity contribution in [2.45, 2.75) is 19.4 Å². The zero-order valence-electron chi connectivity index (χ0n) is 16.4. The average molecular weight is 467 g/mol. The second-order valence-corrected chi connectivity index (χ2v) is 7.70. The van der Waals surface area contributed by atoms with Crippen molar-refractivity contribution in [2.75, 3.05) is 7.11 Å². The third-order valence-corrected chi connectivity index (χ3v) is 5.49. The molecule has 0 radical (unpaired) electrons. The predicted molar refractivity (Wildman–Crippen MR) is 114 cm³/mol. The van der Waals surface area contributed by atoms with Gasteiger partial charge in [-0.1, -0.05) is 40.2 Å². The molecular weight excluding hydrogens is 448 g/mol. The molecule has 8 heteroatoms. The van der Waals surface area contributed by atoms with Gasteiger partial charge >= 0.3 is 0 Å². The minimum atomic E-state index is -0.493. The van der Waals surface area contributed by atoms with Gasteiger partial charge in [-0.05, 0) is 30.7 Å². The lowest BCUT2D eigenvalue weighted by Crippen LogP contribution is -2.21. The fourth-order valence-corrected chi connectivity index (χ4v) is 3.79. The Labute approximate surface area is 182 Å². The van der Waals surface area contributed by atoms with Crippen LogP contribution in [0.25, 0.3) is 0 Å². The van der Waals surface area contributed by atoms with E-state index in [9.17, 15) is 5.26 Å². The number of ether oxygens (including phenoxy) is 3. The number of halogens is 1. The Kier molecular flexibility index (Phi) is 5.38. The van der Waals surface area contributed by atoms with E-state index < -0.39 is 5.92 Å². The highest BCUT2D eigenvalue weighted by molar-refractivity contribution is 9.10. The smallest absolute Gasteiger partial charge is 0.244 e. The molecule has 4 rings (SSSR count). The van der Waals surface area contributed by atoms with E-state index in [1.807, 2.05) is 49.4 Å². The molecule has 2 heterocycles. The maximum Gasteiger partial charge on any atom is 0.244 e. The largest absolute Gasteiger partial charge is 0.493 e. The summed E-state index contributed by atoms with van der Waals surface area (Å²) in [6.07, 6.45) is 0. The lowest BCUT2D eigenvalue weighted by Gasteiger charge is -2.26. The molecule has 0 unspecified atom stereocenters. The Hall–Kier alpha value is -3.44. The second kappa shape index (κ2) is 8.13. The van der Waals surface area contributed by atoms with Crippen molar-refractivity contribution >= 4 is 15.9 Å². The first-order valence-electron chi connectivity index (χ1n) is 9.20. The summed E-state index contributed by atoms with van der Waals surface area (Å²) in [5, 5.41) is 16.9. The number of aromatic amines is 1. The zero-order chi connectivity index (χ0) is 21.3. The van der Waals surface area contributed by atoms with Gasteiger partial charge in [0.25, 0.3) is 0 Å². The van der Waals surface area contributed by atoms with Crippen LogP contribution in [0, 0.1) is 18.3 Å². The predicted octanol–water partition coefficient (Wildman–Crippen LogP) is 4.29. The number of H-pyrrole nitrogens is 1. The molecular formula is C22H19BrN4O3. The van der Waals surface area contributed by atoms with Crippen molar-refractivity contribution in [3.8, 4) is 23.4 Å². The van der Waals surface area contributed by atoms with Gasteiger partial charge in [-0.15, -0.1) is 5.10 Å². The van der Waals surface area contributed by atoms with Crippen molar-refractivity contribution < 1.29 is 14.2 Å². The van der Waals surface area contributed by atoms with Crippen LogP contribution < -0.4 is 19.9 Å². The van der Waals surface area contributed by atoms with E-state index in [0.717, 1.165) is 26.9 Å². The second-order valence-electron chi connectivity index (χ2n) is 6.79. The molecule has 1 aliphatic rings. The highest BCUT2D eigenvalue weighted by atomic mass is 79.9. The summed E-state index contributed by atoms with van der Waals surface area (Å²) in [5.74, 6) is 1.00. The Bertz CT molecular complexity index is 1160. The van der Waals surface area contributed by atoms with E-state index in [0.29, 0.717) is 29.6 Å². The van der Waals surface area contributed by atoms with Gasteiger partial charge in [-0.2, -0.15) is 5.26 Å². The fourth-order valence-electron chi connectivity index (χ4n) is 3.52. The first-order valence-corrected chi connectivity index (χ1v) is 9.99. The molecule has 1 aliphatic heterocycles. The molecule has 2 aromatic carbocycles. The Balaban J connectivity index is 1.81. The lowest BCUT2D eigenvalue weighted by molar-refractivity contribution is 0.280. The van der Waals surface area contributed by atoms with Crippen LogP contribution in [0.1, 0.15) is 28.3 Å². The number of nitrogens with one attached hydrogen (secondary N) is 1. The molecule has 0 spiro atoms. The minimum absolute atomic E-state index is 0.0307. The van der Waals surface area contributed by atoms with Crippen LogP contribution in [0.15, 0.2) is 58.4 Å². The topological polar surface area (TPSA) is 106 Å². The zero-order valence-corrected chi connectivity index (χ0v) is 18.0. The van der Waals surface area contributed by atoms with Crippen LogP contribution in [0.5, 0.6) is 17.4 Å². The van der Waals surface area contributed by atoms with Crippen molar-refractivity contribution in [3.05, 3.63) is 80.8 Å². The fraction of sp³-hybridized carbons (Fsp3) is 0.182. The number of aryl methyl sites for hydroxylation is 1. The molecule has 3 N–H and O–H groups in total. The van der Waals surface area contributed by atoms with E-state index in [1.54, 1.807) is 7.11 Å². The summed E-state index contributed by atoms with van der Waals surface area (Å²) in [6, 6.07) is 15.6. The number of hydrogen-bond donors (Lipinski definition) is 2. The Morgan fingerprint density at radius 2 is 2.03 bits per heavy atom. The summed E-state index contributed by atoms with van der Waals surface area (Å²) in [6.45, 7) is 2.21. The van der Waals surface area contributed by atoms with Gasteiger partial charge in [0, 0.05) is 21.3 Å². The van der Waals surface area contributed by atoms with Crippen LogP contribution in [-0.4, -0.2) is 17.3 Å². The number of para-hydroxylation sites is 1. The summed E-state index contributed by atoms with van der Waals surface area (Å²) < 4.78 is 18.3. The van der Waals surface area contributed by atoms with Crippen molar-refractivity contribution in [2.24, 2.45) is 5.73 Å². The van der Waals surface area contributed by atoms with E-state index in [4.69, 9.17) is 19.9 Å². The number of methoxy groups -OCH3 is 1. The van der Waals surface area contributed by atoms with Crippen LogP contribution in [0.2, 0.25) is 0 Å². The molecule has 0 bridgehead atoms. The van der Waals surface area contributed by atoms with Gasteiger partial charge in [0.15, 0.2) is 11.5 Å². The van der Waals surface area contributed by atoms with Gasteiger partial charge in [0.1, 0.15) is 18.2 Å². The number of allylic oxidation sites excluding steroid dienone is 1. The number of rotatable bonds is 5. The molecule has 3 aromatic rings. The van der Waals surface area contributed by atoms with Crippen LogP contribution in [0.4, 0.5) is 0 Å². The molecule has 1 atom stereocenters. The first kappa shape index (κ1) is 19.9. The Morgan fingerprint density at radius 3 is 2.73 bits per heavy atom. The standard InChI is InChI=1S/C22H19BrN4O3/c1-12-18-19(16(10-24)21(25)30-22(18)27-26-12)15-4-3-5-17(28-2)20(15)29-11-13-6-8-14(23)9-7-13/h3-9,19H,11,25H2,1-2H3,(H,26,27)/t19-/m1/s1. The van der Waals surface area contributed by atoms with Gasteiger partial charge in [0.05, 0.1) is 13.0 Å². The molecule has 1 aromatic heterocycles. The molecule has 30 heavy (non-hydrogen) atoms. The quantitative estimate of drug-likeness (QED) is 0.580. The van der Waals surface area contributed by atoms with Crippen LogP contribution in [0.3, 0.4) is 0 Å².